The summed E-state index contributed by atoms with van der Waals surface area (Å²) >= 11 is 0. The Morgan fingerprint density at radius 3 is 1.82 bits per heavy atom. The molecular formula is C24H26BrN3. The van der Waals surface area contributed by atoms with Crippen LogP contribution in [-0.2, 0) is 7.05 Å². The Kier molecular flexibility index (Phi) is 5.61. The maximum Gasteiger partial charge on any atom is 0.220 e. The van der Waals surface area contributed by atoms with Crippen LogP contribution in [0.5, 0.6) is 0 Å². The molecule has 4 heteroatoms. The second-order valence-corrected chi connectivity index (χ2v) is 7.49. The molecule has 4 aromatic rings. The fraction of sp³-hybridized carbons (Fsp3) is 0.208. The van der Waals surface area contributed by atoms with Crippen molar-refractivity contribution in [2.75, 3.05) is 38.0 Å². The Labute approximate surface area is 177 Å². The quantitative estimate of drug-likeness (QED) is 0.357. The third-order valence-electron chi connectivity index (χ3n) is 5.31. The van der Waals surface area contributed by atoms with E-state index in [4.69, 9.17) is 0 Å². The number of hydrogen-bond acceptors (Lipinski definition) is 2. The van der Waals surface area contributed by atoms with Crippen LogP contribution < -0.4 is 31.3 Å². The van der Waals surface area contributed by atoms with Crippen LogP contribution in [0.1, 0.15) is 0 Å². The number of anilines is 2. The Morgan fingerprint density at radius 1 is 0.643 bits per heavy atom. The molecule has 3 aromatic carbocycles. The van der Waals surface area contributed by atoms with E-state index >= 15 is 0 Å². The van der Waals surface area contributed by atoms with E-state index in [1.807, 2.05) is 0 Å². The lowest BCUT2D eigenvalue weighted by Crippen LogP contribution is -3.00. The first kappa shape index (κ1) is 20.2. The molecule has 0 bridgehead atoms. The van der Waals surface area contributed by atoms with E-state index in [0.29, 0.717) is 0 Å². The summed E-state index contributed by atoms with van der Waals surface area (Å²) in [4.78, 5) is 4.31. The first-order valence-electron chi connectivity index (χ1n) is 9.27. The Hall–Kier alpha value is -2.59. The van der Waals surface area contributed by atoms with Crippen LogP contribution in [0.15, 0.2) is 66.7 Å². The van der Waals surface area contributed by atoms with Crippen molar-refractivity contribution in [3.63, 3.8) is 0 Å². The molecule has 0 spiro atoms. The Balaban J connectivity index is 0.00000225. The first-order chi connectivity index (χ1) is 13.0. The topological polar surface area (TPSA) is 10.4 Å². The average molecular weight is 436 g/mol. The molecule has 144 valence electrons. The van der Waals surface area contributed by atoms with Crippen molar-refractivity contribution in [1.82, 2.24) is 0 Å². The highest BCUT2D eigenvalue weighted by Crippen LogP contribution is 2.34. The van der Waals surface area contributed by atoms with Crippen molar-refractivity contribution < 1.29 is 21.5 Å². The second-order valence-electron chi connectivity index (χ2n) is 7.49. The standard InChI is InChI=1S/C24H26N3.BrH/c1-25(2)18-11-13-20-21-14-12-19(26(3)4)16-23(21)27(5)24(22(20)15-18)17-9-7-6-8-10-17;/h6-16H,1-5H3;1H/q+1;/p-1. The van der Waals surface area contributed by atoms with Crippen LogP contribution in [0.2, 0.25) is 0 Å². The van der Waals surface area contributed by atoms with E-state index in [9.17, 15) is 0 Å². The van der Waals surface area contributed by atoms with E-state index < -0.39 is 0 Å². The number of aryl methyl sites for hydroxylation is 1. The summed E-state index contributed by atoms with van der Waals surface area (Å²) in [5.41, 5.74) is 6.14. The third kappa shape index (κ3) is 3.33. The van der Waals surface area contributed by atoms with Gasteiger partial charge in [0.15, 0.2) is 0 Å². The minimum Gasteiger partial charge on any atom is -1.00 e. The SMILES string of the molecule is CN(C)c1ccc2c(c1)c(-c1ccccc1)[n+](C)c1cc(N(C)C)ccc21.[Br-]. The minimum atomic E-state index is 0. The highest BCUT2D eigenvalue weighted by Gasteiger charge is 2.21. The number of rotatable bonds is 3. The van der Waals surface area contributed by atoms with Gasteiger partial charge in [0, 0.05) is 56.6 Å². The largest absolute Gasteiger partial charge is 1.00 e. The molecule has 0 N–H and O–H groups in total. The first-order valence-corrected chi connectivity index (χ1v) is 9.27. The summed E-state index contributed by atoms with van der Waals surface area (Å²) in [5, 5.41) is 3.85. The predicted octanol–water partition coefficient (Wildman–Crippen LogP) is 1.62. The summed E-state index contributed by atoms with van der Waals surface area (Å²) in [5.74, 6) is 0. The van der Waals surface area contributed by atoms with Gasteiger partial charge in [-0.25, -0.2) is 0 Å². The molecule has 1 heterocycles. The predicted molar refractivity (Wildman–Crippen MR) is 117 cm³/mol. The fourth-order valence-corrected chi connectivity index (χ4v) is 3.79. The maximum atomic E-state index is 2.33. The smallest absolute Gasteiger partial charge is 0.220 e. The number of pyridine rings is 1. The second kappa shape index (κ2) is 7.80. The van der Waals surface area contributed by atoms with Gasteiger partial charge in [0.05, 0.1) is 10.8 Å². The van der Waals surface area contributed by atoms with Gasteiger partial charge in [0.2, 0.25) is 11.2 Å². The van der Waals surface area contributed by atoms with E-state index in [0.717, 1.165) is 0 Å². The molecule has 0 saturated carbocycles. The molecule has 0 aliphatic heterocycles. The molecule has 0 fully saturated rings. The summed E-state index contributed by atoms with van der Waals surface area (Å²) < 4.78 is 2.33. The molecule has 0 atom stereocenters. The molecule has 0 unspecified atom stereocenters. The highest BCUT2D eigenvalue weighted by molar-refractivity contribution is 6.10. The summed E-state index contributed by atoms with van der Waals surface area (Å²) in [6, 6.07) is 24.2. The number of halogens is 1. The van der Waals surface area contributed by atoms with E-state index in [2.05, 4.69) is 116 Å². The van der Waals surface area contributed by atoms with Crippen LogP contribution in [0, 0.1) is 0 Å². The zero-order valence-corrected chi connectivity index (χ0v) is 18.7. The van der Waals surface area contributed by atoms with Crippen LogP contribution in [-0.4, -0.2) is 28.2 Å². The van der Waals surface area contributed by atoms with Crippen LogP contribution in [0.4, 0.5) is 11.4 Å². The van der Waals surface area contributed by atoms with Crippen molar-refractivity contribution in [1.29, 1.82) is 0 Å². The van der Waals surface area contributed by atoms with Gasteiger partial charge < -0.3 is 26.8 Å². The lowest BCUT2D eigenvalue weighted by atomic mass is 9.98. The lowest BCUT2D eigenvalue weighted by molar-refractivity contribution is -0.632. The van der Waals surface area contributed by atoms with Gasteiger partial charge in [-0.15, -0.1) is 0 Å². The van der Waals surface area contributed by atoms with E-state index in [1.54, 1.807) is 0 Å². The average Bonchev–Trinajstić information content (AvgIpc) is 2.68. The molecule has 28 heavy (non-hydrogen) atoms. The van der Waals surface area contributed by atoms with Gasteiger partial charge in [-0.3, -0.25) is 0 Å². The molecule has 0 radical (unpaired) electrons. The number of benzene rings is 3. The minimum absolute atomic E-state index is 0. The summed E-state index contributed by atoms with van der Waals surface area (Å²) in [6.07, 6.45) is 0. The molecule has 3 nitrogen and oxygen atoms in total. The van der Waals surface area contributed by atoms with E-state index in [-0.39, 0.29) is 17.0 Å². The monoisotopic (exact) mass is 435 g/mol. The molecular weight excluding hydrogens is 410 g/mol. The van der Waals surface area contributed by atoms with Gasteiger partial charge in [0.1, 0.15) is 7.05 Å². The number of fused-ring (bicyclic) bond motifs is 3. The van der Waals surface area contributed by atoms with Crippen LogP contribution in [0.3, 0.4) is 0 Å². The van der Waals surface area contributed by atoms with Crippen molar-refractivity contribution in [2.45, 2.75) is 0 Å². The van der Waals surface area contributed by atoms with Crippen LogP contribution >= 0.6 is 0 Å². The summed E-state index contributed by atoms with van der Waals surface area (Å²) in [7, 11) is 10.5. The molecule has 0 aliphatic carbocycles. The van der Waals surface area contributed by atoms with Crippen LogP contribution in [0.25, 0.3) is 32.9 Å². The number of nitrogens with zero attached hydrogens (tertiary/aromatic N) is 3. The fourth-order valence-electron chi connectivity index (χ4n) is 3.79. The van der Waals surface area contributed by atoms with Gasteiger partial charge in [-0.1, -0.05) is 24.3 Å². The van der Waals surface area contributed by atoms with Gasteiger partial charge in [-0.2, -0.15) is 4.57 Å². The highest BCUT2D eigenvalue weighted by atomic mass is 79.9. The van der Waals surface area contributed by atoms with Crippen molar-refractivity contribution in [3.05, 3.63) is 66.7 Å². The third-order valence-corrected chi connectivity index (χ3v) is 5.31. The maximum absolute atomic E-state index is 2.33. The Morgan fingerprint density at radius 2 is 1.21 bits per heavy atom. The molecule has 0 amide bonds. The lowest BCUT2D eigenvalue weighted by Gasteiger charge is -2.17. The molecule has 0 aliphatic rings. The number of aromatic nitrogens is 1. The van der Waals surface area contributed by atoms with Gasteiger partial charge in [0.25, 0.3) is 0 Å². The van der Waals surface area contributed by atoms with Crippen molar-refractivity contribution in [3.8, 4) is 11.3 Å². The zero-order chi connectivity index (χ0) is 19.1. The molecule has 4 rings (SSSR count). The Bertz CT molecular complexity index is 1140. The number of hydrogen-bond donors (Lipinski definition) is 0. The zero-order valence-electron chi connectivity index (χ0n) is 17.1. The summed E-state index contributed by atoms with van der Waals surface area (Å²) in [6.45, 7) is 0. The molecule has 1 aromatic heterocycles. The normalized spacial score (nSPS) is 10.8. The molecule has 0 saturated heterocycles. The van der Waals surface area contributed by atoms with Crippen molar-refractivity contribution >= 4 is 33.1 Å². The van der Waals surface area contributed by atoms with Gasteiger partial charge in [-0.05, 0) is 36.4 Å². The van der Waals surface area contributed by atoms with E-state index in [1.165, 1.54) is 44.3 Å². The van der Waals surface area contributed by atoms with Gasteiger partial charge >= 0.3 is 0 Å². The van der Waals surface area contributed by atoms with Crippen molar-refractivity contribution in [2.24, 2.45) is 7.05 Å².